The first-order chi connectivity index (χ1) is 12.8. The van der Waals surface area contributed by atoms with Crippen LogP contribution in [0, 0.1) is 10.1 Å². The standard InChI is InChI=1S/C18H16N4O4S/c1-18(2,17(24)19-12-6-3-4-7-14(12)22(25)26)21-16(23)10-9-13(20-21)15-8-5-11-27-15/h3-11H,1-2H3,(H,19,24). The van der Waals surface area contributed by atoms with Crippen molar-refractivity contribution >= 4 is 28.6 Å². The monoisotopic (exact) mass is 384 g/mol. The van der Waals surface area contributed by atoms with E-state index in [9.17, 15) is 19.7 Å². The SMILES string of the molecule is CC(C)(C(=O)Nc1ccccc1[N+](=O)[O-])n1nc(-c2cccs2)ccc1=O. The highest BCUT2D eigenvalue weighted by Gasteiger charge is 2.33. The Hall–Kier alpha value is -3.33. The van der Waals surface area contributed by atoms with Gasteiger partial charge in [-0.15, -0.1) is 11.3 Å². The van der Waals surface area contributed by atoms with Gasteiger partial charge >= 0.3 is 0 Å². The Morgan fingerprint density at radius 3 is 2.59 bits per heavy atom. The number of hydrogen-bond donors (Lipinski definition) is 1. The van der Waals surface area contributed by atoms with Gasteiger partial charge in [-0.1, -0.05) is 18.2 Å². The topological polar surface area (TPSA) is 107 Å². The number of aromatic nitrogens is 2. The van der Waals surface area contributed by atoms with Crippen LogP contribution in [0.5, 0.6) is 0 Å². The zero-order chi connectivity index (χ0) is 19.6. The number of nitro benzene ring substituents is 1. The Morgan fingerprint density at radius 1 is 1.19 bits per heavy atom. The molecule has 0 radical (unpaired) electrons. The first kappa shape index (κ1) is 18.5. The summed E-state index contributed by atoms with van der Waals surface area (Å²) in [5.74, 6) is -0.588. The van der Waals surface area contributed by atoms with E-state index in [4.69, 9.17) is 0 Å². The smallest absolute Gasteiger partial charge is 0.292 e. The number of rotatable bonds is 5. The van der Waals surface area contributed by atoms with Crippen molar-refractivity contribution in [1.29, 1.82) is 0 Å². The summed E-state index contributed by atoms with van der Waals surface area (Å²) < 4.78 is 1.09. The molecule has 2 heterocycles. The van der Waals surface area contributed by atoms with Crippen molar-refractivity contribution < 1.29 is 9.72 Å². The fourth-order valence-corrected chi connectivity index (χ4v) is 3.17. The predicted octanol–water partition coefficient (Wildman–Crippen LogP) is 3.25. The molecule has 1 N–H and O–H groups in total. The minimum atomic E-state index is -1.37. The van der Waals surface area contributed by atoms with E-state index in [1.165, 1.54) is 49.4 Å². The van der Waals surface area contributed by atoms with E-state index < -0.39 is 21.9 Å². The van der Waals surface area contributed by atoms with Crippen LogP contribution in [0.4, 0.5) is 11.4 Å². The highest BCUT2D eigenvalue weighted by atomic mass is 32.1. The molecule has 9 heteroatoms. The molecule has 3 rings (SSSR count). The summed E-state index contributed by atoms with van der Waals surface area (Å²) in [6.07, 6.45) is 0. The lowest BCUT2D eigenvalue weighted by Gasteiger charge is -2.25. The van der Waals surface area contributed by atoms with Gasteiger partial charge in [0.1, 0.15) is 16.9 Å². The minimum Gasteiger partial charge on any atom is -0.318 e. The van der Waals surface area contributed by atoms with Crippen LogP contribution in [0.2, 0.25) is 0 Å². The zero-order valence-corrected chi connectivity index (χ0v) is 15.4. The molecule has 0 atom stereocenters. The van der Waals surface area contributed by atoms with Gasteiger partial charge < -0.3 is 5.32 Å². The molecule has 0 aliphatic rings. The van der Waals surface area contributed by atoms with Crippen LogP contribution in [0.15, 0.2) is 58.7 Å². The number of nitrogens with zero attached hydrogens (tertiary/aromatic N) is 3. The first-order valence-corrected chi connectivity index (χ1v) is 8.88. The van der Waals surface area contributed by atoms with Crippen LogP contribution >= 0.6 is 11.3 Å². The maximum absolute atomic E-state index is 12.8. The van der Waals surface area contributed by atoms with Crippen LogP contribution < -0.4 is 10.9 Å². The maximum Gasteiger partial charge on any atom is 0.292 e. The van der Waals surface area contributed by atoms with Gasteiger partial charge in [-0.05, 0) is 37.4 Å². The lowest BCUT2D eigenvalue weighted by molar-refractivity contribution is -0.383. The molecule has 0 saturated heterocycles. The number of anilines is 1. The molecule has 0 aliphatic carbocycles. The summed E-state index contributed by atoms with van der Waals surface area (Å²) in [6.45, 7) is 3.06. The molecule has 0 bridgehead atoms. The summed E-state index contributed by atoms with van der Waals surface area (Å²) in [6, 6.07) is 12.5. The molecule has 0 aliphatic heterocycles. The molecule has 2 aromatic heterocycles. The molecule has 0 unspecified atom stereocenters. The third-order valence-corrected chi connectivity index (χ3v) is 4.90. The fraction of sp³-hybridized carbons (Fsp3) is 0.167. The van der Waals surface area contributed by atoms with E-state index in [0.717, 1.165) is 9.56 Å². The number of nitrogens with one attached hydrogen (secondary N) is 1. The summed E-state index contributed by atoms with van der Waals surface area (Å²) >= 11 is 1.46. The summed E-state index contributed by atoms with van der Waals surface area (Å²) in [4.78, 5) is 36.6. The number of hydrogen-bond acceptors (Lipinski definition) is 6. The van der Waals surface area contributed by atoms with Crippen molar-refractivity contribution in [1.82, 2.24) is 9.78 Å². The largest absolute Gasteiger partial charge is 0.318 e. The molecule has 1 amide bonds. The molecular formula is C18H16N4O4S. The molecule has 27 heavy (non-hydrogen) atoms. The number of benzene rings is 1. The van der Waals surface area contributed by atoms with Gasteiger partial charge in [0.05, 0.1) is 9.80 Å². The Kier molecular flexibility index (Phi) is 4.87. The van der Waals surface area contributed by atoms with Crippen molar-refractivity contribution in [2.45, 2.75) is 19.4 Å². The van der Waals surface area contributed by atoms with E-state index in [-0.39, 0.29) is 11.4 Å². The Bertz CT molecular complexity index is 1060. The van der Waals surface area contributed by atoms with Crippen LogP contribution in [0.3, 0.4) is 0 Å². The third kappa shape index (κ3) is 3.63. The number of amides is 1. The van der Waals surface area contributed by atoms with Gasteiger partial charge in [0, 0.05) is 12.1 Å². The van der Waals surface area contributed by atoms with Crippen molar-refractivity contribution in [3.05, 3.63) is 74.4 Å². The lowest BCUT2D eigenvalue weighted by atomic mass is 10.0. The molecular weight excluding hydrogens is 368 g/mol. The highest BCUT2D eigenvalue weighted by molar-refractivity contribution is 7.13. The van der Waals surface area contributed by atoms with E-state index in [1.807, 2.05) is 17.5 Å². The molecule has 1 aromatic carbocycles. The average Bonchev–Trinajstić information content (AvgIpc) is 3.16. The van der Waals surface area contributed by atoms with E-state index >= 15 is 0 Å². The number of para-hydroxylation sites is 2. The second kappa shape index (κ2) is 7.12. The number of nitro groups is 1. The molecule has 138 valence electrons. The van der Waals surface area contributed by atoms with Gasteiger partial charge in [-0.3, -0.25) is 19.7 Å². The van der Waals surface area contributed by atoms with E-state index in [2.05, 4.69) is 10.4 Å². The second-order valence-electron chi connectivity index (χ2n) is 6.23. The molecule has 8 nitrogen and oxygen atoms in total. The van der Waals surface area contributed by atoms with Crippen LogP contribution in [-0.4, -0.2) is 20.6 Å². The zero-order valence-electron chi connectivity index (χ0n) is 14.6. The number of thiophene rings is 1. The van der Waals surface area contributed by atoms with Crippen molar-refractivity contribution in [3.8, 4) is 10.6 Å². The van der Waals surface area contributed by atoms with Gasteiger partial charge in [-0.25, -0.2) is 4.68 Å². The summed E-state index contributed by atoms with van der Waals surface area (Å²) in [5.41, 5.74) is -1.42. The summed E-state index contributed by atoms with van der Waals surface area (Å²) in [7, 11) is 0. The van der Waals surface area contributed by atoms with Crippen molar-refractivity contribution in [2.75, 3.05) is 5.32 Å². The normalized spacial score (nSPS) is 11.2. The number of carbonyl (C=O) groups is 1. The maximum atomic E-state index is 12.8. The highest BCUT2D eigenvalue weighted by Crippen LogP contribution is 2.26. The van der Waals surface area contributed by atoms with Gasteiger partial charge in [-0.2, -0.15) is 5.10 Å². The van der Waals surface area contributed by atoms with Crippen molar-refractivity contribution in [3.63, 3.8) is 0 Å². The minimum absolute atomic E-state index is 0.0584. The Morgan fingerprint density at radius 2 is 1.93 bits per heavy atom. The third-order valence-electron chi connectivity index (χ3n) is 4.01. The van der Waals surface area contributed by atoms with E-state index in [1.54, 1.807) is 12.1 Å². The van der Waals surface area contributed by atoms with Crippen LogP contribution in [0.25, 0.3) is 10.6 Å². The van der Waals surface area contributed by atoms with E-state index in [0.29, 0.717) is 5.69 Å². The predicted molar refractivity (Wildman–Crippen MR) is 103 cm³/mol. The van der Waals surface area contributed by atoms with Crippen molar-refractivity contribution in [2.24, 2.45) is 0 Å². The van der Waals surface area contributed by atoms with Gasteiger partial charge in [0.15, 0.2) is 0 Å². The number of carbonyl (C=O) groups excluding carboxylic acids is 1. The molecule has 3 aromatic rings. The quantitative estimate of drug-likeness (QED) is 0.537. The van der Waals surface area contributed by atoms with Crippen LogP contribution in [-0.2, 0) is 10.3 Å². The molecule has 0 spiro atoms. The molecule has 0 saturated carbocycles. The Labute approximate surface area is 158 Å². The molecule has 0 fully saturated rings. The van der Waals surface area contributed by atoms with Gasteiger partial charge in [0.2, 0.25) is 0 Å². The summed E-state index contributed by atoms with van der Waals surface area (Å²) in [5, 5.41) is 19.9. The Balaban J connectivity index is 1.97. The fourth-order valence-electron chi connectivity index (χ4n) is 2.48. The first-order valence-electron chi connectivity index (χ1n) is 8.00. The average molecular weight is 384 g/mol. The lowest BCUT2D eigenvalue weighted by Crippen LogP contribution is -2.47. The second-order valence-corrected chi connectivity index (χ2v) is 7.18. The van der Waals surface area contributed by atoms with Gasteiger partial charge in [0.25, 0.3) is 17.2 Å². The van der Waals surface area contributed by atoms with Crippen LogP contribution in [0.1, 0.15) is 13.8 Å².